The molecular formula is C20H25N3O. The highest BCUT2D eigenvalue weighted by Gasteiger charge is 2.16. The third-order valence-corrected chi connectivity index (χ3v) is 4.53. The van der Waals surface area contributed by atoms with Crippen LogP contribution < -0.4 is 10.2 Å². The van der Waals surface area contributed by atoms with E-state index in [2.05, 4.69) is 27.3 Å². The van der Waals surface area contributed by atoms with E-state index in [1.54, 1.807) is 6.20 Å². The second-order valence-corrected chi connectivity index (χ2v) is 6.49. The van der Waals surface area contributed by atoms with Crippen molar-refractivity contribution in [3.63, 3.8) is 0 Å². The highest BCUT2D eigenvalue weighted by molar-refractivity contribution is 5.93. The summed E-state index contributed by atoms with van der Waals surface area (Å²) in [7, 11) is 0. The van der Waals surface area contributed by atoms with Gasteiger partial charge in [-0.1, -0.05) is 30.3 Å². The molecule has 1 aromatic carbocycles. The van der Waals surface area contributed by atoms with Crippen molar-refractivity contribution >= 4 is 11.6 Å². The summed E-state index contributed by atoms with van der Waals surface area (Å²) < 4.78 is 0. The Morgan fingerprint density at radius 2 is 1.96 bits per heavy atom. The van der Waals surface area contributed by atoms with Crippen LogP contribution in [0.15, 0.2) is 48.7 Å². The normalized spacial score (nSPS) is 15.3. The summed E-state index contributed by atoms with van der Waals surface area (Å²) in [5.41, 5.74) is 2.91. The van der Waals surface area contributed by atoms with Gasteiger partial charge >= 0.3 is 0 Å². The quantitative estimate of drug-likeness (QED) is 0.886. The Balaban J connectivity index is 1.55. The molecule has 24 heavy (non-hydrogen) atoms. The number of hydrogen-bond acceptors (Lipinski definition) is 3. The number of aryl methyl sites for hydroxylation is 1. The van der Waals surface area contributed by atoms with Gasteiger partial charge in [-0.3, -0.25) is 9.78 Å². The van der Waals surface area contributed by atoms with Crippen LogP contribution in [0.2, 0.25) is 0 Å². The number of carbonyl (C=O) groups is 1. The van der Waals surface area contributed by atoms with Gasteiger partial charge in [0.05, 0.1) is 0 Å². The fourth-order valence-corrected chi connectivity index (χ4v) is 3.11. The largest absolute Gasteiger partial charge is 0.371 e. The Morgan fingerprint density at radius 3 is 2.71 bits per heavy atom. The van der Waals surface area contributed by atoms with Crippen LogP contribution in [0.3, 0.4) is 0 Å². The number of nitrogens with one attached hydrogen (secondary N) is 1. The molecule has 1 unspecified atom stereocenters. The van der Waals surface area contributed by atoms with E-state index in [0.717, 1.165) is 31.6 Å². The molecule has 2 aromatic rings. The molecule has 4 heteroatoms. The minimum absolute atomic E-state index is 0.0865. The Morgan fingerprint density at radius 1 is 1.21 bits per heavy atom. The van der Waals surface area contributed by atoms with Crippen molar-refractivity contribution in [3.05, 3.63) is 59.9 Å². The van der Waals surface area contributed by atoms with Crippen LogP contribution in [-0.2, 0) is 6.42 Å². The Kier molecular flexibility index (Phi) is 5.47. The predicted octanol–water partition coefficient (Wildman–Crippen LogP) is 3.43. The molecule has 0 radical (unpaired) electrons. The lowest BCUT2D eigenvalue weighted by Gasteiger charge is -2.18. The van der Waals surface area contributed by atoms with Crippen LogP contribution in [0.1, 0.15) is 42.2 Å². The number of carbonyl (C=O) groups excluding carboxylic acids is 1. The van der Waals surface area contributed by atoms with Crippen molar-refractivity contribution < 1.29 is 4.79 Å². The van der Waals surface area contributed by atoms with Crippen molar-refractivity contribution in [3.8, 4) is 0 Å². The summed E-state index contributed by atoms with van der Waals surface area (Å²) in [6, 6.07) is 14.4. The first-order chi connectivity index (χ1) is 11.7. The second kappa shape index (κ2) is 7.95. The number of nitrogens with zero attached hydrogens (tertiary/aromatic N) is 2. The van der Waals surface area contributed by atoms with E-state index in [4.69, 9.17) is 0 Å². The lowest BCUT2D eigenvalue weighted by Crippen LogP contribution is -2.33. The monoisotopic (exact) mass is 323 g/mol. The average Bonchev–Trinajstić information content (AvgIpc) is 3.16. The molecule has 1 aliphatic heterocycles. The predicted molar refractivity (Wildman–Crippen MR) is 97.4 cm³/mol. The Labute approximate surface area is 143 Å². The highest BCUT2D eigenvalue weighted by Crippen LogP contribution is 2.20. The summed E-state index contributed by atoms with van der Waals surface area (Å²) in [4.78, 5) is 19.0. The molecule has 1 N–H and O–H groups in total. The molecular weight excluding hydrogens is 298 g/mol. The smallest absolute Gasteiger partial charge is 0.270 e. The first kappa shape index (κ1) is 16.5. The lowest BCUT2D eigenvalue weighted by molar-refractivity contribution is 0.0933. The first-order valence-electron chi connectivity index (χ1n) is 8.78. The van der Waals surface area contributed by atoms with Gasteiger partial charge in [-0.25, -0.2) is 0 Å². The molecule has 0 spiro atoms. The molecule has 3 rings (SSSR count). The molecule has 1 saturated heterocycles. The minimum atomic E-state index is -0.0865. The average molecular weight is 323 g/mol. The van der Waals surface area contributed by atoms with Gasteiger partial charge in [0.15, 0.2) is 0 Å². The number of aromatic nitrogens is 1. The van der Waals surface area contributed by atoms with Crippen molar-refractivity contribution in [2.75, 3.05) is 18.0 Å². The number of hydrogen-bond donors (Lipinski definition) is 1. The molecule has 126 valence electrons. The molecule has 1 fully saturated rings. The molecule has 0 bridgehead atoms. The summed E-state index contributed by atoms with van der Waals surface area (Å²) in [5.74, 6) is -0.0865. The standard InChI is InChI=1S/C20H25N3O/c1-16(9-10-17-7-3-2-4-8-17)22-20(24)19-15-18(11-12-21-19)23-13-5-6-14-23/h2-4,7-8,11-12,15-16H,5-6,9-10,13-14H2,1H3,(H,22,24). The zero-order valence-electron chi connectivity index (χ0n) is 14.2. The van der Waals surface area contributed by atoms with Gasteiger partial charge in [0.1, 0.15) is 5.69 Å². The van der Waals surface area contributed by atoms with E-state index >= 15 is 0 Å². The van der Waals surface area contributed by atoms with Crippen LogP contribution in [0, 0.1) is 0 Å². The number of benzene rings is 1. The topological polar surface area (TPSA) is 45.2 Å². The maximum Gasteiger partial charge on any atom is 0.270 e. The van der Waals surface area contributed by atoms with Crippen molar-refractivity contribution in [2.24, 2.45) is 0 Å². The van der Waals surface area contributed by atoms with Gasteiger partial charge in [-0.05, 0) is 50.3 Å². The van der Waals surface area contributed by atoms with Crippen molar-refractivity contribution in [1.29, 1.82) is 0 Å². The lowest BCUT2D eigenvalue weighted by atomic mass is 10.1. The summed E-state index contributed by atoms with van der Waals surface area (Å²) >= 11 is 0. The summed E-state index contributed by atoms with van der Waals surface area (Å²) in [5, 5.41) is 3.06. The first-order valence-corrected chi connectivity index (χ1v) is 8.78. The molecule has 1 atom stereocenters. The van der Waals surface area contributed by atoms with E-state index < -0.39 is 0 Å². The maximum absolute atomic E-state index is 12.4. The van der Waals surface area contributed by atoms with E-state index in [0.29, 0.717) is 5.69 Å². The van der Waals surface area contributed by atoms with Crippen molar-refractivity contribution in [2.45, 2.75) is 38.6 Å². The molecule has 0 saturated carbocycles. The van der Waals surface area contributed by atoms with Crippen LogP contribution >= 0.6 is 0 Å². The summed E-state index contributed by atoms with van der Waals surface area (Å²) in [6.07, 6.45) is 6.06. The zero-order valence-corrected chi connectivity index (χ0v) is 14.2. The molecule has 2 heterocycles. The van der Waals surface area contributed by atoms with E-state index in [-0.39, 0.29) is 11.9 Å². The number of amides is 1. The van der Waals surface area contributed by atoms with Gasteiger partial charge < -0.3 is 10.2 Å². The van der Waals surface area contributed by atoms with Gasteiger partial charge in [-0.15, -0.1) is 0 Å². The Bertz CT molecular complexity index is 666. The minimum Gasteiger partial charge on any atom is -0.371 e. The van der Waals surface area contributed by atoms with Gasteiger partial charge in [0, 0.05) is 31.0 Å². The second-order valence-electron chi connectivity index (χ2n) is 6.49. The molecule has 1 amide bonds. The number of pyridine rings is 1. The molecule has 1 aromatic heterocycles. The molecule has 0 aliphatic carbocycles. The van der Waals surface area contributed by atoms with Crippen LogP contribution in [0.25, 0.3) is 0 Å². The third kappa shape index (κ3) is 4.34. The molecule has 1 aliphatic rings. The Hall–Kier alpha value is -2.36. The van der Waals surface area contributed by atoms with Crippen LogP contribution in [0.5, 0.6) is 0 Å². The fraction of sp³-hybridized carbons (Fsp3) is 0.400. The SMILES string of the molecule is CC(CCc1ccccc1)NC(=O)c1cc(N2CCCC2)ccn1. The fourth-order valence-electron chi connectivity index (χ4n) is 3.11. The third-order valence-electron chi connectivity index (χ3n) is 4.53. The zero-order chi connectivity index (χ0) is 16.8. The van der Waals surface area contributed by atoms with Crippen molar-refractivity contribution in [1.82, 2.24) is 10.3 Å². The van der Waals surface area contributed by atoms with Gasteiger partial charge in [0.2, 0.25) is 0 Å². The molecule has 4 nitrogen and oxygen atoms in total. The number of rotatable bonds is 6. The van der Waals surface area contributed by atoms with Gasteiger partial charge in [-0.2, -0.15) is 0 Å². The van der Waals surface area contributed by atoms with Crippen LogP contribution in [-0.4, -0.2) is 30.0 Å². The maximum atomic E-state index is 12.4. The number of anilines is 1. The highest BCUT2D eigenvalue weighted by atomic mass is 16.1. The van der Waals surface area contributed by atoms with Crippen LogP contribution in [0.4, 0.5) is 5.69 Å². The van der Waals surface area contributed by atoms with E-state index in [1.807, 2.05) is 37.3 Å². The van der Waals surface area contributed by atoms with Gasteiger partial charge in [0.25, 0.3) is 5.91 Å². The van der Waals surface area contributed by atoms with E-state index in [9.17, 15) is 4.79 Å². The van der Waals surface area contributed by atoms with E-state index in [1.165, 1.54) is 18.4 Å². The summed E-state index contributed by atoms with van der Waals surface area (Å²) in [6.45, 7) is 4.18.